The summed E-state index contributed by atoms with van der Waals surface area (Å²) in [6.07, 6.45) is 0. The third kappa shape index (κ3) is 1.72. The minimum atomic E-state index is -0.215. The van der Waals surface area contributed by atoms with Gasteiger partial charge in [0, 0.05) is 14.3 Å². The Morgan fingerprint density at radius 2 is 1.88 bits per heavy atom. The van der Waals surface area contributed by atoms with Crippen molar-refractivity contribution in [3.63, 3.8) is 0 Å². The Morgan fingerprint density at radius 3 is 2.75 bits per heavy atom. The van der Waals surface area contributed by atoms with Crippen LogP contribution in [0.5, 0.6) is 0 Å². The highest BCUT2D eigenvalue weighted by Gasteiger charge is 2.15. The zero-order chi connectivity index (χ0) is 11.1. The molecule has 4 heteroatoms. The number of benzene rings is 2. The van der Waals surface area contributed by atoms with Crippen molar-refractivity contribution in [1.82, 2.24) is 0 Å². The van der Waals surface area contributed by atoms with Gasteiger partial charge in [0.05, 0.1) is 11.4 Å². The maximum Gasteiger partial charge on any atom is 0.125 e. The average molecular weight is 296 g/mol. The molecule has 16 heavy (non-hydrogen) atoms. The zero-order valence-electron chi connectivity index (χ0n) is 8.13. The summed E-state index contributed by atoms with van der Waals surface area (Å²) in [6, 6.07) is 10.8. The predicted molar refractivity (Wildman–Crippen MR) is 67.9 cm³/mol. The quantitative estimate of drug-likeness (QED) is 0.639. The number of halogens is 2. The number of hydrogen-bond acceptors (Lipinski definition) is 2. The lowest BCUT2D eigenvalue weighted by atomic mass is 10.2. The standard InChI is InChI=1S/C12H7BrFNS/c13-7-1-3-9-12(5-7)16-11-4-2-8(14)6-10(11)15-9/h1-6,15H. The smallest absolute Gasteiger partial charge is 0.125 e. The van der Waals surface area contributed by atoms with Gasteiger partial charge in [-0.2, -0.15) is 0 Å². The van der Waals surface area contributed by atoms with Gasteiger partial charge in [-0.1, -0.05) is 27.7 Å². The first kappa shape index (κ1) is 10.2. The van der Waals surface area contributed by atoms with Crippen LogP contribution in [0.4, 0.5) is 15.8 Å². The number of rotatable bonds is 0. The van der Waals surface area contributed by atoms with Gasteiger partial charge in [0.25, 0.3) is 0 Å². The molecule has 1 nitrogen and oxygen atoms in total. The largest absolute Gasteiger partial charge is 0.354 e. The van der Waals surface area contributed by atoms with Gasteiger partial charge in [0.2, 0.25) is 0 Å². The van der Waals surface area contributed by atoms with Gasteiger partial charge in [-0.05, 0) is 36.4 Å². The summed E-state index contributed by atoms with van der Waals surface area (Å²) in [5.41, 5.74) is 1.85. The van der Waals surface area contributed by atoms with Gasteiger partial charge in [-0.25, -0.2) is 4.39 Å². The van der Waals surface area contributed by atoms with Crippen molar-refractivity contribution >= 4 is 39.1 Å². The molecule has 0 radical (unpaired) electrons. The molecule has 0 atom stereocenters. The molecule has 0 amide bonds. The van der Waals surface area contributed by atoms with Gasteiger partial charge in [-0.3, -0.25) is 0 Å². The highest BCUT2D eigenvalue weighted by Crippen LogP contribution is 2.44. The van der Waals surface area contributed by atoms with E-state index in [2.05, 4.69) is 27.3 Å². The van der Waals surface area contributed by atoms with Crippen molar-refractivity contribution < 1.29 is 4.39 Å². The molecule has 0 aliphatic carbocycles. The summed E-state index contributed by atoms with van der Waals surface area (Å²) in [4.78, 5) is 2.19. The fraction of sp³-hybridized carbons (Fsp3) is 0. The molecular weight excluding hydrogens is 289 g/mol. The van der Waals surface area contributed by atoms with Crippen LogP contribution in [0.15, 0.2) is 50.7 Å². The molecule has 2 aromatic rings. The summed E-state index contributed by atoms with van der Waals surface area (Å²) >= 11 is 5.09. The lowest BCUT2D eigenvalue weighted by Crippen LogP contribution is -1.99. The Balaban J connectivity index is 2.09. The third-order valence-corrected chi connectivity index (χ3v) is 4.00. The lowest BCUT2D eigenvalue weighted by molar-refractivity contribution is 0.627. The van der Waals surface area contributed by atoms with Gasteiger partial charge in [-0.15, -0.1) is 0 Å². The lowest BCUT2D eigenvalue weighted by Gasteiger charge is -2.20. The van der Waals surface area contributed by atoms with Crippen molar-refractivity contribution in [2.24, 2.45) is 0 Å². The van der Waals surface area contributed by atoms with Crippen LogP contribution < -0.4 is 5.32 Å². The molecule has 3 rings (SSSR count). The summed E-state index contributed by atoms with van der Waals surface area (Å²) in [6.45, 7) is 0. The zero-order valence-corrected chi connectivity index (χ0v) is 10.5. The molecule has 1 N–H and O–H groups in total. The van der Waals surface area contributed by atoms with E-state index in [9.17, 15) is 4.39 Å². The molecule has 1 aliphatic rings. The Morgan fingerprint density at radius 1 is 1.00 bits per heavy atom. The van der Waals surface area contributed by atoms with Gasteiger partial charge in [0.15, 0.2) is 0 Å². The second-order valence-corrected chi connectivity index (χ2v) is 5.51. The molecule has 0 fully saturated rings. The summed E-state index contributed by atoms with van der Waals surface area (Å²) < 4.78 is 14.1. The molecule has 0 unspecified atom stereocenters. The number of anilines is 2. The number of fused-ring (bicyclic) bond motifs is 2. The molecule has 80 valence electrons. The molecule has 2 aromatic carbocycles. The molecule has 0 spiro atoms. The predicted octanol–water partition coefficient (Wildman–Crippen LogP) is 4.80. The van der Waals surface area contributed by atoms with Crippen LogP contribution in [0.2, 0.25) is 0 Å². The number of nitrogens with one attached hydrogen (secondary N) is 1. The van der Waals surface area contributed by atoms with E-state index >= 15 is 0 Å². The fourth-order valence-corrected chi connectivity index (χ4v) is 3.16. The monoisotopic (exact) mass is 295 g/mol. The number of hydrogen-bond donors (Lipinski definition) is 1. The maximum absolute atomic E-state index is 13.1. The Hall–Kier alpha value is -1.000. The highest BCUT2D eigenvalue weighted by atomic mass is 79.9. The van der Waals surface area contributed by atoms with Crippen LogP contribution in [0.3, 0.4) is 0 Å². The molecule has 0 bridgehead atoms. The Kier molecular flexibility index (Phi) is 2.41. The topological polar surface area (TPSA) is 12.0 Å². The van der Waals surface area contributed by atoms with Crippen LogP contribution >= 0.6 is 27.7 Å². The molecule has 0 saturated carbocycles. The average Bonchev–Trinajstić information content (AvgIpc) is 2.26. The fourth-order valence-electron chi connectivity index (χ4n) is 1.64. The van der Waals surface area contributed by atoms with Crippen LogP contribution in [-0.2, 0) is 0 Å². The van der Waals surface area contributed by atoms with E-state index in [1.54, 1.807) is 17.8 Å². The van der Waals surface area contributed by atoms with Gasteiger partial charge < -0.3 is 5.32 Å². The minimum Gasteiger partial charge on any atom is -0.354 e. The second kappa shape index (κ2) is 3.79. The van der Waals surface area contributed by atoms with Crippen LogP contribution in [-0.4, -0.2) is 0 Å². The van der Waals surface area contributed by atoms with Crippen LogP contribution in [0.1, 0.15) is 0 Å². The molecule has 1 heterocycles. The van der Waals surface area contributed by atoms with Crippen LogP contribution in [0.25, 0.3) is 0 Å². The first-order valence-electron chi connectivity index (χ1n) is 4.76. The summed E-state index contributed by atoms with van der Waals surface area (Å²) in [5, 5.41) is 3.23. The van der Waals surface area contributed by atoms with E-state index in [0.29, 0.717) is 0 Å². The van der Waals surface area contributed by atoms with Crippen molar-refractivity contribution in [3.05, 3.63) is 46.7 Å². The Labute approximate surface area is 105 Å². The SMILES string of the molecule is Fc1ccc2c(c1)Nc1ccc(Br)cc1S2. The van der Waals surface area contributed by atoms with Crippen molar-refractivity contribution in [2.45, 2.75) is 9.79 Å². The van der Waals surface area contributed by atoms with Crippen molar-refractivity contribution in [3.8, 4) is 0 Å². The summed E-state index contributed by atoms with van der Waals surface area (Å²) in [5.74, 6) is -0.215. The second-order valence-electron chi connectivity index (χ2n) is 3.51. The summed E-state index contributed by atoms with van der Waals surface area (Å²) in [7, 11) is 0. The van der Waals surface area contributed by atoms with E-state index in [4.69, 9.17) is 0 Å². The van der Waals surface area contributed by atoms with Gasteiger partial charge >= 0.3 is 0 Å². The molecule has 0 saturated heterocycles. The van der Waals surface area contributed by atoms with E-state index in [1.807, 2.05) is 12.1 Å². The minimum absolute atomic E-state index is 0.215. The molecular formula is C12H7BrFNS. The Bertz CT molecular complexity index is 519. The van der Waals surface area contributed by atoms with E-state index in [1.165, 1.54) is 12.1 Å². The maximum atomic E-state index is 13.1. The van der Waals surface area contributed by atoms with Crippen molar-refractivity contribution in [1.29, 1.82) is 0 Å². The van der Waals surface area contributed by atoms with Crippen molar-refractivity contribution in [2.75, 3.05) is 5.32 Å². The third-order valence-electron chi connectivity index (χ3n) is 2.37. The normalized spacial score (nSPS) is 12.6. The van der Waals surface area contributed by atoms with E-state index < -0.39 is 0 Å². The molecule has 1 aliphatic heterocycles. The molecule has 0 aromatic heterocycles. The first-order valence-corrected chi connectivity index (χ1v) is 6.37. The van der Waals surface area contributed by atoms with Crippen LogP contribution in [0, 0.1) is 5.82 Å². The van der Waals surface area contributed by atoms with E-state index in [-0.39, 0.29) is 5.82 Å². The first-order chi connectivity index (χ1) is 7.72. The van der Waals surface area contributed by atoms with Gasteiger partial charge in [0.1, 0.15) is 5.82 Å². The van der Waals surface area contributed by atoms with E-state index in [0.717, 1.165) is 25.6 Å². The highest BCUT2D eigenvalue weighted by molar-refractivity contribution is 9.10.